The third-order valence-electron chi connectivity index (χ3n) is 4.99. The molecule has 0 N–H and O–H groups in total. The molecule has 3 heterocycles. The highest BCUT2D eigenvalue weighted by molar-refractivity contribution is 9.10. The fraction of sp³-hybridized carbons (Fsp3) is 0.500. The first-order valence-corrected chi connectivity index (χ1v) is 9.81. The number of nitrogens with zero attached hydrogens (tertiary/aromatic N) is 3. The van der Waals surface area contributed by atoms with Crippen molar-refractivity contribution in [2.24, 2.45) is 5.41 Å². The summed E-state index contributed by atoms with van der Waals surface area (Å²) in [5, 5.41) is 0. The summed E-state index contributed by atoms with van der Waals surface area (Å²) in [5.41, 5.74) is 4.85. The molecule has 25 heavy (non-hydrogen) atoms. The average molecular weight is 404 g/mol. The zero-order chi connectivity index (χ0) is 18.4. The van der Waals surface area contributed by atoms with Gasteiger partial charge in [0, 0.05) is 35.0 Å². The summed E-state index contributed by atoms with van der Waals surface area (Å²) >= 11 is 3.53. The second-order valence-corrected chi connectivity index (χ2v) is 8.22. The number of halogens is 1. The first kappa shape index (κ1) is 18.2. The van der Waals surface area contributed by atoms with Crippen molar-refractivity contribution in [3.8, 4) is 0 Å². The summed E-state index contributed by atoms with van der Waals surface area (Å²) in [6, 6.07) is 4.01. The lowest BCUT2D eigenvalue weighted by Crippen LogP contribution is -2.41. The minimum atomic E-state index is 0.0668. The van der Waals surface area contributed by atoms with Crippen LogP contribution in [0.25, 0.3) is 0 Å². The van der Waals surface area contributed by atoms with E-state index in [1.807, 2.05) is 31.7 Å². The van der Waals surface area contributed by atoms with Crippen molar-refractivity contribution in [1.29, 1.82) is 0 Å². The van der Waals surface area contributed by atoms with Gasteiger partial charge in [-0.3, -0.25) is 9.69 Å². The Kier molecular flexibility index (Phi) is 4.80. The molecule has 0 fully saturated rings. The minimum absolute atomic E-state index is 0.0668. The Morgan fingerprint density at radius 2 is 1.92 bits per heavy atom. The lowest BCUT2D eigenvalue weighted by atomic mass is 9.90. The second-order valence-electron chi connectivity index (χ2n) is 7.37. The number of hydrogen-bond donors (Lipinski definition) is 0. The van der Waals surface area contributed by atoms with E-state index >= 15 is 0 Å². The zero-order valence-corrected chi connectivity index (χ0v) is 17.3. The Hall–Kier alpha value is -1.62. The SMILES string of the molecule is CC.Cc1c(Br)ccnc1N1CCn2c(cc3c2CC(C)(C)C3)C1=O. The van der Waals surface area contributed by atoms with Crippen LogP contribution in [-0.4, -0.2) is 22.0 Å². The summed E-state index contributed by atoms with van der Waals surface area (Å²) in [5.74, 6) is 0.828. The number of pyridine rings is 1. The maximum Gasteiger partial charge on any atom is 0.276 e. The van der Waals surface area contributed by atoms with Crippen molar-refractivity contribution in [3.05, 3.63) is 45.3 Å². The summed E-state index contributed by atoms with van der Waals surface area (Å²) in [6.45, 7) is 12.1. The summed E-state index contributed by atoms with van der Waals surface area (Å²) < 4.78 is 3.22. The minimum Gasteiger partial charge on any atom is -0.339 e. The molecule has 1 aliphatic heterocycles. The number of rotatable bonds is 1. The third-order valence-corrected chi connectivity index (χ3v) is 5.85. The van der Waals surface area contributed by atoms with Crippen LogP contribution >= 0.6 is 15.9 Å². The van der Waals surface area contributed by atoms with Gasteiger partial charge in [0.05, 0.1) is 0 Å². The van der Waals surface area contributed by atoms with Crippen LogP contribution in [0.1, 0.15) is 55.0 Å². The van der Waals surface area contributed by atoms with E-state index in [1.165, 1.54) is 11.3 Å². The van der Waals surface area contributed by atoms with Crippen LogP contribution in [0.2, 0.25) is 0 Å². The molecule has 0 saturated heterocycles. The Morgan fingerprint density at radius 3 is 2.64 bits per heavy atom. The molecule has 0 unspecified atom stereocenters. The number of carbonyl (C=O) groups is 1. The van der Waals surface area contributed by atoms with Crippen molar-refractivity contribution in [1.82, 2.24) is 9.55 Å². The standard InChI is InChI=1S/C18H20BrN3O.C2H6/c1-11-13(19)4-5-20-16(11)22-7-6-21-14(17(22)23)8-12-9-18(2,3)10-15(12)21;1-2/h4-5,8H,6-7,9-10H2,1-3H3;1-2H3. The molecule has 0 spiro atoms. The van der Waals surface area contributed by atoms with Crippen LogP contribution in [0.15, 0.2) is 22.8 Å². The van der Waals surface area contributed by atoms with Gasteiger partial charge in [0.15, 0.2) is 0 Å². The molecule has 2 aliphatic rings. The molecule has 4 nitrogen and oxygen atoms in total. The highest BCUT2D eigenvalue weighted by atomic mass is 79.9. The van der Waals surface area contributed by atoms with Gasteiger partial charge in [0.1, 0.15) is 11.5 Å². The van der Waals surface area contributed by atoms with Crippen molar-refractivity contribution >= 4 is 27.7 Å². The van der Waals surface area contributed by atoms with Gasteiger partial charge in [0.25, 0.3) is 5.91 Å². The maximum absolute atomic E-state index is 13.0. The molecule has 0 bridgehead atoms. The first-order valence-electron chi connectivity index (χ1n) is 9.02. The molecular formula is C20H26BrN3O. The molecule has 134 valence electrons. The maximum atomic E-state index is 13.0. The fourth-order valence-electron chi connectivity index (χ4n) is 3.89. The lowest BCUT2D eigenvalue weighted by Gasteiger charge is -2.30. The van der Waals surface area contributed by atoms with E-state index in [-0.39, 0.29) is 5.91 Å². The molecule has 0 aromatic carbocycles. The van der Waals surface area contributed by atoms with Crippen molar-refractivity contribution in [2.45, 2.75) is 54.0 Å². The number of amides is 1. The molecule has 2 aromatic rings. The first-order chi connectivity index (χ1) is 11.9. The average Bonchev–Trinajstić information content (AvgIpc) is 3.05. The van der Waals surface area contributed by atoms with Crippen molar-refractivity contribution in [3.63, 3.8) is 0 Å². The summed E-state index contributed by atoms with van der Waals surface area (Å²) in [6.07, 6.45) is 3.86. The van der Waals surface area contributed by atoms with Crippen LogP contribution in [0.5, 0.6) is 0 Å². The molecule has 1 amide bonds. The molecule has 5 heteroatoms. The topological polar surface area (TPSA) is 38.1 Å². The van der Waals surface area contributed by atoms with Gasteiger partial charge in [-0.1, -0.05) is 43.6 Å². The second kappa shape index (κ2) is 6.60. The number of anilines is 1. The number of hydrogen-bond acceptors (Lipinski definition) is 2. The fourth-order valence-corrected chi connectivity index (χ4v) is 4.18. The van der Waals surface area contributed by atoms with E-state index in [0.29, 0.717) is 12.0 Å². The van der Waals surface area contributed by atoms with E-state index in [9.17, 15) is 4.79 Å². The third kappa shape index (κ3) is 3.03. The highest BCUT2D eigenvalue weighted by Crippen LogP contribution is 2.39. The quantitative estimate of drug-likeness (QED) is 0.687. The smallest absolute Gasteiger partial charge is 0.276 e. The van der Waals surface area contributed by atoms with E-state index in [0.717, 1.165) is 40.9 Å². The van der Waals surface area contributed by atoms with Gasteiger partial charge in [-0.25, -0.2) is 4.98 Å². The Labute approximate surface area is 158 Å². The van der Waals surface area contributed by atoms with Crippen LogP contribution in [0.3, 0.4) is 0 Å². The number of aromatic nitrogens is 2. The van der Waals surface area contributed by atoms with Gasteiger partial charge < -0.3 is 4.57 Å². The van der Waals surface area contributed by atoms with Gasteiger partial charge in [-0.05, 0) is 42.9 Å². The summed E-state index contributed by atoms with van der Waals surface area (Å²) in [7, 11) is 0. The van der Waals surface area contributed by atoms with E-state index in [2.05, 4.69) is 45.4 Å². The lowest BCUT2D eigenvalue weighted by molar-refractivity contribution is 0.0963. The van der Waals surface area contributed by atoms with E-state index in [1.54, 1.807) is 6.20 Å². The molecule has 0 atom stereocenters. The van der Waals surface area contributed by atoms with Crippen molar-refractivity contribution < 1.29 is 4.79 Å². The number of fused-ring (bicyclic) bond motifs is 3. The largest absolute Gasteiger partial charge is 0.339 e. The normalized spacial score (nSPS) is 17.7. The van der Waals surface area contributed by atoms with Gasteiger partial charge in [-0.15, -0.1) is 0 Å². The van der Waals surface area contributed by atoms with Crippen LogP contribution in [-0.2, 0) is 19.4 Å². The van der Waals surface area contributed by atoms with E-state index < -0.39 is 0 Å². The molecule has 4 rings (SSSR count). The number of carbonyl (C=O) groups excluding carboxylic acids is 1. The van der Waals surface area contributed by atoms with Crippen LogP contribution in [0, 0.1) is 12.3 Å². The van der Waals surface area contributed by atoms with E-state index in [4.69, 9.17) is 0 Å². The Balaban J connectivity index is 0.000000880. The van der Waals surface area contributed by atoms with Crippen molar-refractivity contribution in [2.75, 3.05) is 11.4 Å². The predicted molar refractivity (Wildman–Crippen MR) is 105 cm³/mol. The van der Waals surface area contributed by atoms with Gasteiger partial charge in [0.2, 0.25) is 0 Å². The monoisotopic (exact) mass is 403 g/mol. The van der Waals surface area contributed by atoms with Gasteiger partial charge in [-0.2, -0.15) is 0 Å². The Morgan fingerprint density at radius 1 is 1.20 bits per heavy atom. The van der Waals surface area contributed by atoms with Crippen LogP contribution < -0.4 is 4.90 Å². The molecule has 1 aliphatic carbocycles. The Bertz CT molecular complexity index is 823. The zero-order valence-electron chi connectivity index (χ0n) is 15.7. The molecule has 0 saturated carbocycles. The molecule has 2 aromatic heterocycles. The predicted octanol–water partition coefficient (Wildman–Crippen LogP) is 4.77. The highest BCUT2D eigenvalue weighted by Gasteiger charge is 2.37. The molecule has 0 radical (unpaired) electrons. The van der Waals surface area contributed by atoms with Gasteiger partial charge >= 0.3 is 0 Å². The van der Waals surface area contributed by atoms with Crippen LogP contribution in [0.4, 0.5) is 5.82 Å². The summed E-state index contributed by atoms with van der Waals surface area (Å²) in [4.78, 5) is 19.3. The molecular weight excluding hydrogens is 378 g/mol.